The Morgan fingerprint density at radius 3 is 1.50 bits per heavy atom. The molecule has 0 aromatic rings. The molecule has 1 aliphatic rings. The van der Waals surface area contributed by atoms with E-state index in [0.717, 1.165) is 0 Å². The Hall–Kier alpha value is 1.77. The van der Waals surface area contributed by atoms with E-state index in [1.165, 1.54) is 0 Å². The van der Waals surface area contributed by atoms with Crippen LogP contribution in [0, 0.1) is 5.41 Å². The minimum Gasteiger partial charge on any atom is -0.330 e. The topological polar surface area (TPSA) is 52.0 Å². The molecule has 1 fully saturated rings. The summed E-state index contributed by atoms with van der Waals surface area (Å²) < 4.78 is -2.43. The first-order chi connectivity index (χ1) is 5.83. The summed E-state index contributed by atoms with van der Waals surface area (Å²) >= 11 is 24.2. The van der Waals surface area contributed by atoms with Crippen LogP contribution >= 0.6 is 46.4 Å². The van der Waals surface area contributed by atoms with Gasteiger partial charge in [-0.05, 0) is 12.8 Å². The fourth-order valence-electron chi connectivity index (χ4n) is 1.64. The average molecular weight is 461 g/mol. The van der Waals surface area contributed by atoms with E-state index in [1.807, 2.05) is 0 Å². The van der Waals surface area contributed by atoms with Crippen molar-refractivity contribution in [2.45, 2.75) is 21.5 Å². The number of halogens is 4. The SMILES string of the molecule is NCC1(CN)CCC(Cl)(Cl)C1(Cl)Cl.[Pt+4]. The molecular formula is C7H12Cl4N2Pt+4. The summed E-state index contributed by atoms with van der Waals surface area (Å²) in [6.45, 7) is 0.579. The van der Waals surface area contributed by atoms with Gasteiger partial charge in [-0.25, -0.2) is 0 Å². The monoisotopic (exact) mass is 459 g/mol. The molecular weight excluding hydrogens is 449 g/mol. The first kappa shape index (κ1) is 15.8. The van der Waals surface area contributed by atoms with Crippen molar-refractivity contribution < 1.29 is 21.1 Å². The van der Waals surface area contributed by atoms with Crippen molar-refractivity contribution in [1.29, 1.82) is 0 Å². The Morgan fingerprint density at radius 1 is 0.929 bits per heavy atom. The molecule has 0 atom stereocenters. The molecule has 0 saturated heterocycles. The number of hydrogen-bond acceptors (Lipinski definition) is 2. The van der Waals surface area contributed by atoms with E-state index in [2.05, 4.69) is 0 Å². The van der Waals surface area contributed by atoms with Crippen molar-refractivity contribution >= 4 is 46.4 Å². The van der Waals surface area contributed by atoms with Crippen LogP contribution in [0.3, 0.4) is 0 Å². The van der Waals surface area contributed by atoms with E-state index >= 15 is 0 Å². The number of alkyl halides is 4. The van der Waals surface area contributed by atoms with Gasteiger partial charge in [0.05, 0.1) is 0 Å². The van der Waals surface area contributed by atoms with Gasteiger partial charge in [-0.2, -0.15) is 0 Å². The smallest absolute Gasteiger partial charge is 0.330 e. The largest absolute Gasteiger partial charge is 4.00 e. The molecule has 1 rings (SSSR count). The summed E-state index contributed by atoms with van der Waals surface area (Å²) in [7, 11) is 0. The van der Waals surface area contributed by atoms with Crippen LogP contribution in [0.2, 0.25) is 0 Å². The third-order valence-corrected chi connectivity index (χ3v) is 5.60. The standard InChI is InChI=1S/C7H12Cl4N2.Pt/c8-6(9)2-1-5(3-12,4-13)7(6,10)11;/h1-4,12-13H2;/q;+4. The molecule has 0 aromatic heterocycles. The maximum atomic E-state index is 6.12. The van der Waals surface area contributed by atoms with Gasteiger partial charge < -0.3 is 11.5 Å². The molecule has 0 amide bonds. The van der Waals surface area contributed by atoms with E-state index in [0.29, 0.717) is 12.8 Å². The second kappa shape index (κ2) is 4.96. The zero-order valence-electron chi connectivity index (χ0n) is 7.31. The molecule has 7 heteroatoms. The second-order valence-electron chi connectivity index (χ2n) is 3.47. The maximum Gasteiger partial charge on any atom is 4.00 e. The Bertz CT molecular complexity index is 206. The predicted octanol–water partition coefficient (Wildman–Crippen LogP) is 2.03. The third-order valence-electron chi connectivity index (χ3n) is 2.82. The van der Waals surface area contributed by atoms with Gasteiger partial charge in [0.15, 0.2) is 8.67 Å². The van der Waals surface area contributed by atoms with Crippen molar-refractivity contribution in [3.05, 3.63) is 0 Å². The van der Waals surface area contributed by atoms with Crippen LogP contribution in [0.5, 0.6) is 0 Å². The van der Waals surface area contributed by atoms with Crippen molar-refractivity contribution in [3.8, 4) is 0 Å². The molecule has 0 radical (unpaired) electrons. The quantitative estimate of drug-likeness (QED) is 0.619. The molecule has 84 valence electrons. The van der Waals surface area contributed by atoms with Gasteiger partial charge in [-0.15, -0.1) is 0 Å². The predicted molar refractivity (Wildman–Crippen MR) is 58.6 cm³/mol. The summed E-state index contributed by atoms with van der Waals surface area (Å²) in [6, 6.07) is 0. The Labute approximate surface area is 118 Å². The summed E-state index contributed by atoms with van der Waals surface area (Å²) in [4.78, 5) is 0. The van der Waals surface area contributed by atoms with Crippen molar-refractivity contribution in [3.63, 3.8) is 0 Å². The maximum absolute atomic E-state index is 6.12. The van der Waals surface area contributed by atoms with Crippen molar-refractivity contribution in [2.24, 2.45) is 16.9 Å². The average Bonchev–Trinajstić information content (AvgIpc) is 2.22. The van der Waals surface area contributed by atoms with E-state index in [1.54, 1.807) is 0 Å². The molecule has 1 aliphatic carbocycles. The van der Waals surface area contributed by atoms with E-state index in [-0.39, 0.29) is 34.2 Å². The molecule has 0 aliphatic heterocycles. The molecule has 0 bridgehead atoms. The zero-order chi connectivity index (χ0) is 10.3. The van der Waals surface area contributed by atoms with Gasteiger partial charge in [0.1, 0.15) is 0 Å². The van der Waals surface area contributed by atoms with Crippen LogP contribution in [-0.2, 0) is 21.1 Å². The Balaban J connectivity index is 0.00000169. The summed E-state index contributed by atoms with van der Waals surface area (Å²) in [5.41, 5.74) is 10.6. The van der Waals surface area contributed by atoms with Gasteiger partial charge >= 0.3 is 21.1 Å². The summed E-state index contributed by atoms with van der Waals surface area (Å²) in [5, 5.41) is 0. The van der Waals surface area contributed by atoms with Crippen LogP contribution < -0.4 is 11.5 Å². The fraction of sp³-hybridized carbons (Fsp3) is 1.00. The number of rotatable bonds is 2. The first-order valence-corrected chi connectivity index (χ1v) is 5.50. The van der Waals surface area contributed by atoms with Crippen LogP contribution in [0.1, 0.15) is 12.8 Å². The number of hydrogen-bond donors (Lipinski definition) is 2. The Morgan fingerprint density at radius 2 is 1.36 bits per heavy atom. The molecule has 14 heavy (non-hydrogen) atoms. The Kier molecular flexibility index (Phi) is 5.58. The molecule has 0 unspecified atom stereocenters. The fourth-order valence-corrected chi connectivity index (χ4v) is 2.92. The van der Waals surface area contributed by atoms with Gasteiger partial charge in [-0.1, -0.05) is 46.4 Å². The van der Waals surface area contributed by atoms with E-state index < -0.39 is 14.1 Å². The molecule has 1 saturated carbocycles. The molecule has 0 spiro atoms. The third kappa shape index (κ3) is 2.09. The zero-order valence-corrected chi connectivity index (χ0v) is 12.6. The van der Waals surface area contributed by atoms with E-state index in [4.69, 9.17) is 57.9 Å². The molecule has 4 N–H and O–H groups in total. The minimum atomic E-state index is -1.27. The van der Waals surface area contributed by atoms with Gasteiger partial charge in [0.25, 0.3) is 0 Å². The van der Waals surface area contributed by atoms with Crippen molar-refractivity contribution in [1.82, 2.24) is 0 Å². The van der Waals surface area contributed by atoms with Gasteiger partial charge in [0.2, 0.25) is 0 Å². The summed E-state index contributed by atoms with van der Waals surface area (Å²) in [6.07, 6.45) is 1.16. The molecule has 2 nitrogen and oxygen atoms in total. The minimum absolute atomic E-state index is 0. The van der Waals surface area contributed by atoms with Crippen LogP contribution in [0.25, 0.3) is 0 Å². The molecule has 0 heterocycles. The van der Waals surface area contributed by atoms with Gasteiger partial charge in [0, 0.05) is 18.5 Å². The van der Waals surface area contributed by atoms with E-state index in [9.17, 15) is 0 Å². The molecule has 0 aromatic carbocycles. The van der Waals surface area contributed by atoms with Gasteiger partial charge in [-0.3, -0.25) is 0 Å². The van der Waals surface area contributed by atoms with Crippen LogP contribution in [0.15, 0.2) is 0 Å². The van der Waals surface area contributed by atoms with Crippen molar-refractivity contribution in [2.75, 3.05) is 13.1 Å². The summed E-state index contributed by atoms with van der Waals surface area (Å²) in [5.74, 6) is 0. The normalized spacial score (nSPS) is 27.0. The van der Waals surface area contributed by atoms with Crippen LogP contribution in [-0.4, -0.2) is 21.8 Å². The number of nitrogens with two attached hydrogens (primary N) is 2. The first-order valence-electron chi connectivity index (χ1n) is 3.99. The van der Waals surface area contributed by atoms with Crippen LogP contribution in [0.4, 0.5) is 0 Å². The second-order valence-corrected chi connectivity index (χ2v) is 6.28.